The Morgan fingerprint density at radius 2 is 1.94 bits per heavy atom. The van der Waals surface area contributed by atoms with Gasteiger partial charge in [0.25, 0.3) is 0 Å². The van der Waals surface area contributed by atoms with Crippen molar-refractivity contribution < 1.29 is 4.79 Å². The highest BCUT2D eigenvalue weighted by Crippen LogP contribution is 2.20. The molecule has 0 aliphatic heterocycles. The lowest BCUT2D eigenvalue weighted by molar-refractivity contribution is 0.0992. The van der Waals surface area contributed by atoms with Crippen LogP contribution in [-0.4, -0.2) is 10.8 Å². The van der Waals surface area contributed by atoms with Crippen molar-refractivity contribution in [2.24, 2.45) is 0 Å². The smallest absolute Gasteiger partial charge is 0.167 e. The summed E-state index contributed by atoms with van der Waals surface area (Å²) in [6, 6.07) is 9.43. The predicted molar refractivity (Wildman–Crippen MR) is 71.2 cm³/mol. The normalized spacial score (nSPS) is 10.2. The van der Waals surface area contributed by atoms with E-state index in [2.05, 4.69) is 20.9 Å². The zero-order chi connectivity index (χ0) is 12.3. The topological polar surface area (TPSA) is 30.0 Å². The molecule has 0 fully saturated rings. The zero-order valence-electron chi connectivity index (χ0n) is 9.48. The van der Waals surface area contributed by atoms with Gasteiger partial charge in [0, 0.05) is 28.9 Å². The maximum absolute atomic E-state index is 12.1. The third-order valence-corrected chi connectivity index (χ3v) is 3.54. The van der Waals surface area contributed by atoms with E-state index in [0.29, 0.717) is 6.42 Å². The molecule has 0 radical (unpaired) electrons. The standard InChI is InChI=1S/C14H12BrNO/c1-10-12(3-2-4-13(10)15)14(17)9-11-5-7-16-8-6-11/h2-8H,9H2,1H3. The third kappa shape index (κ3) is 2.80. The number of rotatable bonds is 3. The first-order valence-corrected chi connectivity index (χ1v) is 6.15. The number of hydrogen-bond donors (Lipinski definition) is 0. The van der Waals surface area contributed by atoms with Crippen LogP contribution in [-0.2, 0) is 6.42 Å². The Bertz CT molecular complexity index is 537. The summed E-state index contributed by atoms with van der Waals surface area (Å²) < 4.78 is 0.970. The van der Waals surface area contributed by atoms with Gasteiger partial charge in [0.15, 0.2) is 5.78 Å². The van der Waals surface area contributed by atoms with E-state index in [1.165, 1.54) is 0 Å². The molecule has 1 heterocycles. The van der Waals surface area contributed by atoms with Gasteiger partial charge in [-0.15, -0.1) is 0 Å². The number of carbonyl (C=O) groups is 1. The quantitative estimate of drug-likeness (QED) is 0.809. The molecule has 1 aromatic heterocycles. The summed E-state index contributed by atoms with van der Waals surface area (Å²) in [6.45, 7) is 1.95. The zero-order valence-corrected chi connectivity index (χ0v) is 11.1. The van der Waals surface area contributed by atoms with Crippen molar-refractivity contribution in [3.05, 3.63) is 63.9 Å². The molecule has 0 saturated carbocycles. The van der Waals surface area contributed by atoms with Gasteiger partial charge in [-0.25, -0.2) is 0 Å². The molecule has 0 aliphatic carbocycles. The van der Waals surface area contributed by atoms with Crippen LogP contribution in [0.15, 0.2) is 47.2 Å². The van der Waals surface area contributed by atoms with Crippen LogP contribution in [0.3, 0.4) is 0 Å². The minimum absolute atomic E-state index is 0.134. The van der Waals surface area contributed by atoms with Gasteiger partial charge < -0.3 is 0 Å². The van der Waals surface area contributed by atoms with Crippen molar-refractivity contribution in [3.63, 3.8) is 0 Å². The van der Waals surface area contributed by atoms with E-state index < -0.39 is 0 Å². The molecule has 1 aromatic carbocycles. The first-order valence-electron chi connectivity index (χ1n) is 5.35. The average Bonchev–Trinajstić information content (AvgIpc) is 2.34. The molecular weight excluding hydrogens is 278 g/mol. The first kappa shape index (κ1) is 12.0. The minimum Gasteiger partial charge on any atom is -0.294 e. The summed E-state index contributed by atoms with van der Waals surface area (Å²) >= 11 is 3.44. The van der Waals surface area contributed by atoms with E-state index in [1.54, 1.807) is 12.4 Å². The van der Waals surface area contributed by atoms with E-state index in [0.717, 1.165) is 21.2 Å². The maximum atomic E-state index is 12.1. The van der Waals surface area contributed by atoms with Crippen LogP contribution in [0.1, 0.15) is 21.5 Å². The number of Topliss-reactive ketones (excluding diaryl/α,β-unsaturated/α-hetero) is 1. The second-order valence-corrected chi connectivity index (χ2v) is 4.72. The Kier molecular flexibility index (Phi) is 3.69. The second-order valence-electron chi connectivity index (χ2n) is 3.87. The highest BCUT2D eigenvalue weighted by atomic mass is 79.9. The monoisotopic (exact) mass is 289 g/mol. The summed E-state index contributed by atoms with van der Waals surface area (Å²) in [5.41, 5.74) is 2.76. The largest absolute Gasteiger partial charge is 0.294 e. The second kappa shape index (κ2) is 5.23. The molecule has 86 valence electrons. The van der Waals surface area contributed by atoms with Crippen molar-refractivity contribution in [1.29, 1.82) is 0 Å². The highest BCUT2D eigenvalue weighted by Gasteiger charge is 2.11. The van der Waals surface area contributed by atoms with E-state index in [9.17, 15) is 4.79 Å². The Morgan fingerprint density at radius 1 is 1.24 bits per heavy atom. The van der Waals surface area contributed by atoms with Crippen molar-refractivity contribution in [1.82, 2.24) is 4.98 Å². The van der Waals surface area contributed by atoms with Gasteiger partial charge in [-0.3, -0.25) is 9.78 Å². The Labute approximate surface area is 109 Å². The van der Waals surface area contributed by atoms with Crippen molar-refractivity contribution in [2.75, 3.05) is 0 Å². The SMILES string of the molecule is Cc1c(Br)cccc1C(=O)Cc1ccncc1. The van der Waals surface area contributed by atoms with Gasteiger partial charge in [-0.1, -0.05) is 28.1 Å². The van der Waals surface area contributed by atoms with Gasteiger partial charge in [0.1, 0.15) is 0 Å². The fourth-order valence-corrected chi connectivity index (χ4v) is 2.06. The fourth-order valence-electron chi connectivity index (χ4n) is 1.69. The minimum atomic E-state index is 0.134. The summed E-state index contributed by atoms with van der Waals surface area (Å²) in [4.78, 5) is 16.1. The van der Waals surface area contributed by atoms with Crippen LogP contribution in [0.25, 0.3) is 0 Å². The molecule has 2 rings (SSSR count). The van der Waals surface area contributed by atoms with Gasteiger partial charge in [0.2, 0.25) is 0 Å². The van der Waals surface area contributed by atoms with Gasteiger partial charge in [-0.05, 0) is 36.2 Å². The van der Waals surface area contributed by atoms with E-state index in [-0.39, 0.29) is 5.78 Å². The van der Waals surface area contributed by atoms with Crippen LogP contribution < -0.4 is 0 Å². The lowest BCUT2D eigenvalue weighted by Crippen LogP contribution is -2.05. The molecule has 2 nitrogen and oxygen atoms in total. The van der Waals surface area contributed by atoms with Crippen molar-refractivity contribution in [3.8, 4) is 0 Å². The molecule has 0 amide bonds. The third-order valence-electron chi connectivity index (χ3n) is 2.68. The lowest BCUT2D eigenvalue weighted by atomic mass is 10.00. The molecule has 2 aromatic rings. The number of halogens is 1. The number of hydrogen-bond acceptors (Lipinski definition) is 2. The summed E-state index contributed by atoms with van der Waals surface area (Å²) in [7, 11) is 0. The molecule has 0 spiro atoms. The first-order chi connectivity index (χ1) is 8.18. The molecule has 0 saturated heterocycles. The molecule has 0 atom stereocenters. The van der Waals surface area contributed by atoms with Crippen molar-refractivity contribution >= 4 is 21.7 Å². The molecule has 0 bridgehead atoms. The molecule has 3 heteroatoms. The highest BCUT2D eigenvalue weighted by molar-refractivity contribution is 9.10. The lowest BCUT2D eigenvalue weighted by Gasteiger charge is -2.06. The summed E-state index contributed by atoms with van der Waals surface area (Å²) in [5, 5.41) is 0. The number of carbonyl (C=O) groups excluding carboxylic acids is 1. The number of benzene rings is 1. The average molecular weight is 290 g/mol. The number of ketones is 1. The van der Waals surface area contributed by atoms with Gasteiger partial charge >= 0.3 is 0 Å². The Hall–Kier alpha value is -1.48. The van der Waals surface area contributed by atoms with Crippen molar-refractivity contribution in [2.45, 2.75) is 13.3 Å². The summed E-state index contributed by atoms with van der Waals surface area (Å²) in [6.07, 6.45) is 3.83. The van der Waals surface area contributed by atoms with E-state index in [1.807, 2.05) is 37.3 Å². The van der Waals surface area contributed by atoms with Gasteiger partial charge in [0.05, 0.1) is 0 Å². The van der Waals surface area contributed by atoms with Crippen LogP contribution in [0.5, 0.6) is 0 Å². The van der Waals surface area contributed by atoms with Gasteiger partial charge in [-0.2, -0.15) is 0 Å². The van der Waals surface area contributed by atoms with Crippen LogP contribution in [0, 0.1) is 6.92 Å². The number of nitrogens with zero attached hydrogens (tertiary/aromatic N) is 1. The van der Waals surface area contributed by atoms with E-state index in [4.69, 9.17) is 0 Å². The number of pyridine rings is 1. The molecule has 0 N–H and O–H groups in total. The van der Waals surface area contributed by atoms with E-state index >= 15 is 0 Å². The maximum Gasteiger partial charge on any atom is 0.167 e. The molecule has 0 aliphatic rings. The fraction of sp³-hybridized carbons (Fsp3) is 0.143. The Morgan fingerprint density at radius 3 is 2.65 bits per heavy atom. The predicted octanol–water partition coefficient (Wildman–Crippen LogP) is 3.58. The Balaban J connectivity index is 2.24. The molecule has 0 unspecified atom stereocenters. The van der Waals surface area contributed by atoms with Crippen LogP contribution in [0.2, 0.25) is 0 Å². The number of aromatic nitrogens is 1. The molecule has 17 heavy (non-hydrogen) atoms. The summed E-state index contributed by atoms with van der Waals surface area (Å²) in [5.74, 6) is 0.134. The van der Waals surface area contributed by atoms with Crippen LogP contribution >= 0.6 is 15.9 Å². The van der Waals surface area contributed by atoms with Crippen LogP contribution in [0.4, 0.5) is 0 Å². The molecular formula is C14H12BrNO.